The van der Waals surface area contributed by atoms with E-state index in [9.17, 15) is 9.59 Å². The topological polar surface area (TPSA) is 61.8 Å². The van der Waals surface area contributed by atoms with Crippen LogP contribution in [0.1, 0.15) is 34.0 Å². The van der Waals surface area contributed by atoms with Crippen LogP contribution in [0.15, 0.2) is 90.7 Å². The number of methoxy groups -OCH3 is 2. The first-order valence-corrected chi connectivity index (χ1v) is 10.6. The standard InChI is InChI=1S/C28H24O5/c1-31-22-15-10-12-20(19-22)11-8-9-18-28(27(30)32-2)25(29)23-16-6-7-17-24(23)33-26(28)21-13-4-3-5-14-21/h3-7,9-17,19,26H,18H2,1-2H3. The Bertz CT molecular complexity index is 1220. The maximum atomic E-state index is 13.8. The maximum absolute atomic E-state index is 13.8. The Balaban J connectivity index is 1.79. The van der Waals surface area contributed by atoms with E-state index in [2.05, 4.69) is 5.73 Å². The zero-order chi connectivity index (χ0) is 23.3. The van der Waals surface area contributed by atoms with Crippen molar-refractivity contribution in [2.75, 3.05) is 14.2 Å². The highest BCUT2D eigenvalue weighted by atomic mass is 16.5. The number of rotatable bonds is 6. The van der Waals surface area contributed by atoms with E-state index in [1.165, 1.54) is 7.11 Å². The lowest BCUT2D eigenvalue weighted by atomic mass is 9.69. The minimum absolute atomic E-state index is 0.0624. The zero-order valence-electron chi connectivity index (χ0n) is 18.5. The summed E-state index contributed by atoms with van der Waals surface area (Å²) in [7, 11) is 2.89. The van der Waals surface area contributed by atoms with Crippen LogP contribution in [-0.2, 0) is 9.53 Å². The van der Waals surface area contributed by atoms with Crippen molar-refractivity contribution < 1.29 is 23.8 Å². The van der Waals surface area contributed by atoms with E-state index in [-0.39, 0.29) is 12.2 Å². The summed E-state index contributed by atoms with van der Waals surface area (Å²) in [5.74, 6) is 0.208. The summed E-state index contributed by atoms with van der Waals surface area (Å²) < 4.78 is 16.7. The van der Waals surface area contributed by atoms with E-state index < -0.39 is 17.5 Å². The molecule has 166 valence electrons. The summed E-state index contributed by atoms with van der Waals surface area (Å²) >= 11 is 0. The lowest BCUT2D eigenvalue weighted by Gasteiger charge is -2.40. The third-order valence-corrected chi connectivity index (χ3v) is 5.77. The van der Waals surface area contributed by atoms with Gasteiger partial charge in [0, 0.05) is 6.42 Å². The molecule has 3 aromatic carbocycles. The summed E-state index contributed by atoms with van der Waals surface area (Å²) in [6, 6.07) is 23.8. The monoisotopic (exact) mass is 440 g/mol. The summed E-state index contributed by atoms with van der Waals surface area (Å²) in [5.41, 5.74) is 3.48. The molecule has 33 heavy (non-hydrogen) atoms. The number of para-hydroxylation sites is 1. The quantitative estimate of drug-likeness (QED) is 0.291. The number of esters is 1. The van der Waals surface area contributed by atoms with Crippen molar-refractivity contribution in [3.8, 4) is 11.5 Å². The van der Waals surface area contributed by atoms with Gasteiger partial charge < -0.3 is 14.2 Å². The van der Waals surface area contributed by atoms with Crippen molar-refractivity contribution in [2.24, 2.45) is 5.41 Å². The third kappa shape index (κ3) is 4.19. The molecule has 3 aromatic rings. The van der Waals surface area contributed by atoms with E-state index in [1.54, 1.807) is 43.5 Å². The van der Waals surface area contributed by atoms with Crippen LogP contribution in [0.3, 0.4) is 0 Å². The van der Waals surface area contributed by atoms with Gasteiger partial charge >= 0.3 is 5.97 Å². The lowest BCUT2D eigenvalue weighted by molar-refractivity contribution is -0.155. The van der Waals surface area contributed by atoms with Crippen molar-refractivity contribution in [2.45, 2.75) is 12.5 Å². The van der Waals surface area contributed by atoms with E-state index in [0.29, 0.717) is 11.3 Å². The fraction of sp³-hybridized carbons (Fsp3) is 0.179. The molecule has 0 saturated carbocycles. The van der Waals surface area contributed by atoms with Gasteiger partial charge in [-0.1, -0.05) is 54.6 Å². The van der Waals surface area contributed by atoms with E-state index in [1.807, 2.05) is 54.6 Å². The third-order valence-electron chi connectivity index (χ3n) is 5.77. The Morgan fingerprint density at radius 1 is 1.03 bits per heavy atom. The van der Waals surface area contributed by atoms with Crippen LogP contribution in [0.4, 0.5) is 0 Å². The molecule has 1 heterocycles. The van der Waals surface area contributed by atoms with Gasteiger partial charge in [-0.15, -0.1) is 5.73 Å². The number of carbonyl (C=O) groups excluding carboxylic acids is 2. The van der Waals surface area contributed by atoms with E-state index in [4.69, 9.17) is 14.2 Å². The molecule has 0 bridgehead atoms. The molecule has 5 heteroatoms. The average Bonchev–Trinajstić information content (AvgIpc) is 2.87. The number of fused-ring (bicyclic) bond motifs is 1. The van der Waals surface area contributed by atoms with Crippen LogP contribution >= 0.6 is 0 Å². The number of hydrogen-bond acceptors (Lipinski definition) is 5. The minimum atomic E-state index is -1.58. The SMILES string of the molecule is COC(=O)C1(CC=C=Cc2cccc(OC)c2)C(=O)c2ccccc2OC1c1ccccc1. The number of allylic oxidation sites excluding steroid dienone is 1. The van der Waals surface area contributed by atoms with Gasteiger partial charge in [-0.3, -0.25) is 9.59 Å². The highest BCUT2D eigenvalue weighted by Gasteiger charge is 2.58. The smallest absolute Gasteiger partial charge is 0.324 e. The predicted octanol–water partition coefficient (Wildman–Crippen LogP) is 5.43. The summed E-state index contributed by atoms with van der Waals surface area (Å²) in [6.45, 7) is 0. The summed E-state index contributed by atoms with van der Waals surface area (Å²) in [4.78, 5) is 27.1. The highest BCUT2D eigenvalue weighted by Crippen LogP contribution is 2.49. The molecule has 2 unspecified atom stereocenters. The first kappa shape index (κ1) is 22.1. The molecule has 5 nitrogen and oxygen atoms in total. The predicted molar refractivity (Wildman–Crippen MR) is 125 cm³/mol. The first-order chi connectivity index (χ1) is 16.1. The Morgan fingerprint density at radius 2 is 1.79 bits per heavy atom. The van der Waals surface area contributed by atoms with Crippen LogP contribution < -0.4 is 9.47 Å². The lowest BCUT2D eigenvalue weighted by Crippen LogP contribution is -2.49. The van der Waals surface area contributed by atoms with Gasteiger partial charge in [-0.25, -0.2) is 0 Å². The van der Waals surface area contributed by atoms with Crippen LogP contribution in [0.5, 0.6) is 11.5 Å². The molecule has 0 N–H and O–H groups in total. The normalized spacial score (nSPS) is 18.8. The van der Waals surface area contributed by atoms with E-state index in [0.717, 1.165) is 16.9 Å². The Labute approximate surface area is 192 Å². The molecular formula is C28H24O5. The van der Waals surface area contributed by atoms with Gasteiger partial charge in [0.1, 0.15) is 17.6 Å². The van der Waals surface area contributed by atoms with Crippen molar-refractivity contribution in [3.63, 3.8) is 0 Å². The van der Waals surface area contributed by atoms with Crippen molar-refractivity contribution in [1.29, 1.82) is 0 Å². The maximum Gasteiger partial charge on any atom is 0.324 e. The number of Topliss-reactive ketones (excluding diaryl/α,β-unsaturated/α-hetero) is 1. The van der Waals surface area contributed by atoms with Gasteiger partial charge in [0.2, 0.25) is 0 Å². The fourth-order valence-corrected chi connectivity index (χ4v) is 4.10. The van der Waals surface area contributed by atoms with Gasteiger partial charge in [-0.05, 0) is 47.5 Å². The van der Waals surface area contributed by atoms with Gasteiger partial charge in [0.05, 0.1) is 19.8 Å². The molecular weight excluding hydrogens is 416 g/mol. The van der Waals surface area contributed by atoms with E-state index >= 15 is 0 Å². The number of hydrogen-bond donors (Lipinski definition) is 0. The second-order valence-corrected chi connectivity index (χ2v) is 7.69. The molecule has 1 aliphatic rings. The number of ketones is 1. The van der Waals surface area contributed by atoms with Crippen LogP contribution in [0, 0.1) is 5.41 Å². The number of benzene rings is 3. The molecule has 0 radical (unpaired) electrons. The molecule has 0 aromatic heterocycles. The molecule has 0 saturated heterocycles. The molecule has 1 aliphatic heterocycles. The number of ether oxygens (including phenoxy) is 3. The Kier molecular flexibility index (Phi) is 6.43. The van der Waals surface area contributed by atoms with Gasteiger partial charge in [0.15, 0.2) is 11.2 Å². The molecule has 0 amide bonds. The minimum Gasteiger partial charge on any atom is -0.497 e. The highest BCUT2D eigenvalue weighted by molar-refractivity contribution is 6.15. The molecule has 0 spiro atoms. The molecule has 4 rings (SSSR count). The second-order valence-electron chi connectivity index (χ2n) is 7.69. The van der Waals surface area contributed by atoms with Crippen molar-refractivity contribution >= 4 is 17.8 Å². The van der Waals surface area contributed by atoms with Gasteiger partial charge in [-0.2, -0.15) is 0 Å². The van der Waals surface area contributed by atoms with Crippen LogP contribution in [0.25, 0.3) is 6.08 Å². The molecule has 0 aliphatic carbocycles. The van der Waals surface area contributed by atoms with Gasteiger partial charge in [0.25, 0.3) is 0 Å². The molecule has 0 fully saturated rings. The average molecular weight is 440 g/mol. The summed E-state index contributed by atoms with van der Waals surface area (Å²) in [6.07, 6.45) is 2.67. The Hall–Kier alpha value is -4.08. The van der Waals surface area contributed by atoms with Crippen LogP contribution in [0.2, 0.25) is 0 Å². The van der Waals surface area contributed by atoms with Crippen LogP contribution in [-0.4, -0.2) is 26.0 Å². The first-order valence-electron chi connectivity index (χ1n) is 10.6. The van der Waals surface area contributed by atoms with Crippen molar-refractivity contribution in [1.82, 2.24) is 0 Å². The fourth-order valence-electron chi connectivity index (χ4n) is 4.10. The summed E-state index contributed by atoms with van der Waals surface area (Å²) in [5, 5.41) is 0. The largest absolute Gasteiger partial charge is 0.497 e. The zero-order valence-corrected chi connectivity index (χ0v) is 18.5. The Morgan fingerprint density at radius 3 is 2.55 bits per heavy atom. The number of carbonyl (C=O) groups is 2. The molecule has 2 atom stereocenters. The second kappa shape index (κ2) is 9.60. The van der Waals surface area contributed by atoms with Crippen molar-refractivity contribution in [3.05, 3.63) is 107 Å².